The molecule has 29 heavy (non-hydrogen) atoms. The van der Waals surface area contributed by atoms with E-state index in [1.807, 2.05) is 13.0 Å². The first kappa shape index (κ1) is 20.3. The normalized spacial score (nSPS) is 23.1. The van der Waals surface area contributed by atoms with Crippen LogP contribution in [0.5, 0.6) is 0 Å². The summed E-state index contributed by atoms with van der Waals surface area (Å²) in [6.45, 7) is 5.11. The summed E-state index contributed by atoms with van der Waals surface area (Å²) in [7, 11) is -1.86. The molecule has 1 saturated carbocycles. The first-order valence-corrected chi connectivity index (χ1v) is 10.8. The maximum Gasteiger partial charge on any atom is 0.253 e. The Bertz CT molecular complexity index is 978. The molecule has 1 aromatic heterocycles. The summed E-state index contributed by atoms with van der Waals surface area (Å²) in [5.74, 6) is -3.62. The van der Waals surface area contributed by atoms with Crippen molar-refractivity contribution in [2.45, 2.75) is 38.7 Å². The quantitative estimate of drug-likeness (QED) is 0.654. The molecule has 6 nitrogen and oxygen atoms in total. The van der Waals surface area contributed by atoms with Crippen LogP contribution in [0.25, 0.3) is 11.3 Å². The van der Waals surface area contributed by atoms with Gasteiger partial charge in [-0.25, -0.2) is 13.8 Å². The zero-order chi connectivity index (χ0) is 21.4. The second-order valence-electron chi connectivity index (χ2n) is 8.34. The van der Waals surface area contributed by atoms with E-state index in [9.17, 15) is 23.0 Å². The highest BCUT2D eigenvalue weighted by Gasteiger charge is 2.59. The van der Waals surface area contributed by atoms with Gasteiger partial charge in [-0.15, -0.1) is 0 Å². The fraction of sp³-hybridized carbons (Fsp3) is 0.450. The summed E-state index contributed by atoms with van der Waals surface area (Å²) in [6.07, 6.45) is -0.233. The summed E-state index contributed by atoms with van der Waals surface area (Å²) < 4.78 is 50.8. The molecule has 0 bridgehead atoms. The lowest BCUT2D eigenvalue weighted by Gasteiger charge is -2.42. The van der Waals surface area contributed by atoms with Gasteiger partial charge in [0.2, 0.25) is 0 Å². The highest BCUT2D eigenvalue weighted by atomic mass is 32.3. The maximum atomic E-state index is 13.4. The van der Waals surface area contributed by atoms with Crippen LogP contribution in [0.3, 0.4) is 0 Å². The van der Waals surface area contributed by atoms with E-state index in [2.05, 4.69) is 4.98 Å². The molecular weight excluding hydrogens is 400 g/mol. The van der Waals surface area contributed by atoms with E-state index in [1.54, 1.807) is 38.1 Å². The largest absolute Gasteiger partial charge is 0.384 e. The number of aliphatic hydroxyl groups is 1. The van der Waals surface area contributed by atoms with E-state index in [0.717, 1.165) is 11.1 Å². The average Bonchev–Trinajstić information content (AvgIpc) is 3.18. The Kier molecular flexibility index (Phi) is 4.40. The summed E-state index contributed by atoms with van der Waals surface area (Å²) in [6, 6.07) is 8.92. The smallest absolute Gasteiger partial charge is 0.253 e. The number of aryl methyl sites for hydroxylation is 1. The van der Waals surface area contributed by atoms with E-state index in [-0.39, 0.29) is 13.0 Å². The van der Waals surface area contributed by atoms with E-state index >= 15 is 0 Å². The molecule has 1 aliphatic heterocycles. The minimum Gasteiger partial charge on any atom is -0.384 e. The highest BCUT2D eigenvalue weighted by Crippen LogP contribution is 2.63. The fourth-order valence-electron chi connectivity index (χ4n) is 3.57. The molecule has 3 N–H and O–H groups in total. The first-order chi connectivity index (χ1) is 13.3. The van der Waals surface area contributed by atoms with Crippen LogP contribution < -0.4 is 8.61 Å². The average molecular weight is 426 g/mol. The van der Waals surface area contributed by atoms with Crippen molar-refractivity contribution in [1.29, 1.82) is 0 Å². The minimum atomic E-state index is -3.40. The highest BCUT2D eigenvalue weighted by molar-refractivity contribution is 8.26. The number of pyridine rings is 1. The molecule has 1 unspecified atom stereocenters. The molecule has 0 radical (unpaired) electrons. The fourth-order valence-corrected chi connectivity index (χ4v) is 5.08. The van der Waals surface area contributed by atoms with Gasteiger partial charge in [0.15, 0.2) is 0 Å². The number of fused-ring (bicyclic) bond motifs is 1. The lowest BCUT2D eigenvalue weighted by Crippen LogP contribution is -2.33. The number of alkyl halides is 2. The van der Waals surface area contributed by atoms with Gasteiger partial charge < -0.3 is 5.11 Å². The molecule has 0 saturated heterocycles. The number of anilines is 2. The third-order valence-electron chi connectivity index (χ3n) is 5.59. The Balaban J connectivity index is 1.74. The Labute approximate surface area is 170 Å². The number of rotatable bonds is 4. The molecule has 2 aliphatic rings. The van der Waals surface area contributed by atoms with Gasteiger partial charge in [-0.3, -0.25) is 17.7 Å². The van der Waals surface area contributed by atoms with Crippen molar-refractivity contribution in [1.82, 2.24) is 4.98 Å². The van der Waals surface area contributed by atoms with Crippen molar-refractivity contribution in [3.8, 4) is 11.3 Å². The van der Waals surface area contributed by atoms with Gasteiger partial charge in [0.25, 0.3) is 5.92 Å². The van der Waals surface area contributed by atoms with Crippen molar-refractivity contribution in [2.24, 2.45) is 5.92 Å². The van der Waals surface area contributed by atoms with Gasteiger partial charge >= 0.3 is 0 Å². The monoisotopic (exact) mass is 425 g/mol. The van der Waals surface area contributed by atoms with Gasteiger partial charge in [0.05, 0.1) is 22.8 Å². The number of halogens is 2. The van der Waals surface area contributed by atoms with Crippen molar-refractivity contribution in [2.75, 3.05) is 22.2 Å². The number of nitrogens with zero attached hydrogens (tertiary/aromatic N) is 3. The summed E-state index contributed by atoms with van der Waals surface area (Å²) in [5, 5.41) is 10.3. The van der Waals surface area contributed by atoms with Crippen LogP contribution in [0.1, 0.15) is 31.5 Å². The van der Waals surface area contributed by atoms with Crippen LogP contribution in [0, 0.1) is 12.8 Å². The predicted octanol–water partition coefficient (Wildman–Crippen LogP) is 4.78. The predicted molar refractivity (Wildman–Crippen MR) is 111 cm³/mol. The second-order valence-corrected chi connectivity index (χ2v) is 10.3. The number of aromatic nitrogens is 1. The van der Waals surface area contributed by atoms with Gasteiger partial charge in [-0.1, -0.05) is 12.1 Å². The van der Waals surface area contributed by atoms with Crippen LogP contribution >= 0.6 is 11.0 Å². The van der Waals surface area contributed by atoms with E-state index in [1.165, 1.54) is 15.7 Å². The Morgan fingerprint density at radius 3 is 2.45 bits per heavy atom. The third-order valence-corrected chi connectivity index (χ3v) is 7.45. The van der Waals surface area contributed by atoms with Crippen molar-refractivity contribution in [3.05, 3.63) is 41.6 Å². The lowest BCUT2D eigenvalue weighted by molar-refractivity contribution is 0.0739. The van der Waals surface area contributed by atoms with E-state index in [4.69, 9.17) is 0 Å². The molecule has 1 aromatic carbocycles. The number of hydrogen-bond donors (Lipinski definition) is 3. The molecular formula is C20H25F2N3O3S. The van der Waals surface area contributed by atoms with E-state index in [0.29, 0.717) is 22.8 Å². The van der Waals surface area contributed by atoms with Gasteiger partial charge in [0, 0.05) is 31.5 Å². The van der Waals surface area contributed by atoms with Crippen LogP contribution in [0.4, 0.5) is 20.2 Å². The van der Waals surface area contributed by atoms with E-state index < -0.39 is 28.4 Å². The first-order valence-electron chi connectivity index (χ1n) is 9.35. The molecule has 4 rings (SSSR count). The zero-order valence-electron chi connectivity index (χ0n) is 16.7. The minimum absolute atomic E-state index is 0.114. The molecule has 0 spiro atoms. The zero-order valence-corrected chi connectivity index (χ0v) is 17.5. The lowest BCUT2D eigenvalue weighted by atomic mass is 10.00. The van der Waals surface area contributed by atoms with Crippen molar-refractivity contribution >= 4 is 22.3 Å². The molecule has 1 atom stereocenters. The molecule has 1 fully saturated rings. The molecule has 0 amide bonds. The SMILES string of the molecule is Cc1ccc(C(C)(C)O)nc1-c1ccc2c(c1)N(C)S(O)(O)N2CC1CC1(F)F. The van der Waals surface area contributed by atoms with Gasteiger partial charge in [-0.05, 0) is 55.5 Å². The van der Waals surface area contributed by atoms with Crippen molar-refractivity contribution in [3.63, 3.8) is 0 Å². The molecule has 2 aromatic rings. The Morgan fingerprint density at radius 2 is 1.86 bits per heavy atom. The molecule has 2 heterocycles. The van der Waals surface area contributed by atoms with Gasteiger partial charge in [0.1, 0.15) is 5.60 Å². The summed E-state index contributed by atoms with van der Waals surface area (Å²) >= 11 is 0. The molecule has 9 heteroatoms. The van der Waals surface area contributed by atoms with Gasteiger partial charge in [-0.2, -0.15) is 0 Å². The standard InChI is InChI=1S/C20H25F2N3O3S/c1-12-5-8-17(19(2,3)26)23-18(12)13-6-7-15-16(9-13)24(4)29(27,28)25(15)11-14-10-20(14,21)22/h5-9,14,26-28H,10-11H2,1-4H3. The third kappa shape index (κ3) is 3.35. The topological polar surface area (TPSA) is 80.1 Å². The number of benzene rings is 1. The second kappa shape index (κ2) is 6.28. The Hall–Kier alpha value is -1.94. The Morgan fingerprint density at radius 1 is 1.21 bits per heavy atom. The number of hydrogen-bond acceptors (Lipinski definition) is 6. The van der Waals surface area contributed by atoms with Crippen molar-refractivity contribution < 1.29 is 23.0 Å². The summed E-state index contributed by atoms with van der Waals surface area (Å²) in [5.41, 5.74) is 2.79. The molecule has 1 aliphatic carbocycles. The van der Waals surface area contributed by atoms with Crippen LogP contribution in [-0.4, -0.2) is 38.7 Å². The maximum absolute atomic E-state index is 13.4. The van der Waals surface area contributed by atoms with Crippen LogP contribution in [0.2, 0.25) is 0 Å². The molecule has 158 valence electrons. The summed E-state index contributed by atoms with van der Waals surface area (Å²) in [4.78, 5) is 4.60. The van der Waals surface area contributed by atoms with Crippen LogP contribution in [-0.2, 0) is 5.60 Å². The van der Waals surface area contributed by atoms with Crippen LogP contribution in [0.15, 0.2) is 30.3 Å².